The molecule has 0 atom stereocenters. The van der Waals surface area contributed by atoms with Crippen molar-refractivity contribution < 1.29 is 14.0 Å². The zero-order chi connectivity index (χ0) is 15.9. The molecule has 0 saturated heterocycles. The van der Waals surface area contributed by atoms with Crippen molar-refractivity contribution >= 4 is 23.6 Å². The summed E-state index contributed by atoms with van der Waals surface area (Å²) in [6.07, 6.45) is 0.238. The molecule has 0 aliphatic heterocycles. The van der Waals surface area contributed by atoms with Gasteiger partial charge in [0.25, 0.3) is 0 Å². The molecular formula is C15H21FN2O2S. The topological polar surface area (TPSA) is 58.2 Å². The van der Waals surface area contributed by atoms with Crippen LogP contribution in [0.15, 0.2) is 29.2 Å². The van der Waals surface area contributed by atoms with E-state index in [-0.39, 0.29) is 36.1 Å². The van der Waals surface area contributed by atoms with E-state index in [2.05, 4.69) is 10.6 Å². The van der Waals surface area contributed by atoms with Crippen LogP contribution in [0.5, 0.6) is 0 Å². The summed E-state index contributed by atoms with van der Waals surface area (Å²) < 4.78 is 13.4. The van der Waals surface area contributed by atoms with Gasteiger partial charge in [-0.3, -0.25) is 9.59 Å². The van der Waals surface area contributed by atoms with E-state index in [0.29, 0.717) is 10.6 Å². The van der Waals surface area contributed by atoms with Crippen LogP contribution in [-0.2, 0) is 9.59 Å². The highest BCUT2D eigenvalue weighted by Gasteiger charge is 2.14. The molecule has 2 N–H and O–H groups in total. The minimum absolute atomic E-state index is 0.0412. The molecule has 0 radical (unpaired) electrons. The Labute approximate surface area is 128 Å². The molecule has 0 aromatic heterocycles. The molecule has 21 heavy (non-hydrogen) atoms. The normalized spacial score (nSPS) is 11.0. The summed E-state index contributed by atoms with van der Waals surface area (Å²) in [5.74, 6) is -0.263. The van der Waals surface area contributed by atoms with Gasteiger partial charge in [-0.25, -0.2) is 4.39 Å². The largest absolute Gasteiger partial charge is 0.350 e. The van der Waals surface area contributed by atoms with E-state index in [4.69, 9.17) is 0 Å². The first-order valence-electron chi connectivity index (χ1n) is 6.73. The smallest absolute Gasteiger partial charge is 0.239 e. The maximum absolute atomic E-state index is 13.4. The van der Waals surface area contributed by atoms with E-state index in [1.165, 1.54) is 17.8 Å². The van der Waals surface area contributed by atoms with Gasteiger partial charge in [0.15, 0.2) is 0 Å². The summed E-state index contributed by atoms with van der Waals surface area (Å²) in [6, 6.07) is 6.44. The predicted octanol–water partition coefficient (Wildman–Crippen LogP) is 2.34. The highest BCUT2D eigenvalue weighted by molar-refractivity contribution is 7.99. The minimum Gasteiger partial charge on any atom is -0.350 e. The Kier molecular flexibility index (Phi) is 6.68. The Morgan fingerprint density at radius 2 is 1.86 bits per heavy atom. The van der Waals surface area contributed by atoms with Gasteiger partial charge in [0.05, 0.1) is 6.54 Å². The van der Waals surface area contributed by atoms with Crippen molar-refractivity contribution in [2.75, 3.05) is 12.3 Å². The number of nitrogens with one attached hydrogen (secondary N) is 2. The molecular weight excluding hydrogens is 291 g/mol. The van der Waals surface area contributed by atoms with Crippen LogP contribution >= 0.6 is 11.8 Å². The quantitative estimate of drug-likeness (QED) is 0.793. The number of carbonyl (C=O) groups is 2. The molecule has 116 valence electrons. The molecule has 1 rings (SSSR count). The SMILES string of the molecule is CC(C)(C)NC(=O)CNC(=O)CCSc1ccccc1F. The summed E-state index contributed by atoms with van der Waals surface area (Å²) in [5.41, 5.74) is -0.317. The number of carbonyl (C=O) groups excluding carboxylic acids is 2. The van der Waals surface area contributed by atoms with Gasteiger partial charge in [0, 0.05) is 22.6 Å². The van der Waals surface area contributed by atoms with Gasteiger partial charge < -0.3 is 10.6 Å². The Morgan fingerprint density at radius 3 is 2.48 bits per heavy atom. The first-order chi connectivity index (χ1) is 9.78. The molecule has 4 nitrogen and oxygen atoms in total. The average molecular weight is 312 g/mol. The van der Waals surface area contributed by atoms with Gasteiger partial charge in [-0.2, -0.15) is 0 Å². The minimum atomic E-state index is -0.317. The predicted molar refractivity (Wildman–Crippen MR) is 82.6 cm³/mol. The van der Waals surface area contributed by atoms with Crippen molar-refractivity contribution in [1.29, 1.82) is 0 Å². The number of benzene rings is 1. The Balaban J connectivity index is 2.23. The van der Waals surface area contributed by atoms with Crippen LogP contribution in [0.4, 0.5) is 4.39 Å². The van der Waals surface area contributed by atoms with Gasteiger partial charge in [0.1, 0.15) is 5.82 Å². The lowest BCUT2D eigenvalue weighted by molar-refractivity contribution is -0.126. The van der Waals surface area contributed by atoms with E-state index < -0.39 is 0 Å². The standard InChI is InChI=1S/C15H21FN2O2S/c1-15(2,3)18-14(20)10-17-13(19)8-9-21-12-7-5-4-6-11(12)16/h4-7H,8-10H2,1-3H3,(H,17,19)(H,18,20). The van der Waals surface area contributed by atoms with E-state index in [1.807, 2.05) is 20.8 Å². The van der Waals surface area contributed by atoms with Crippen molar-refractivity contribution in [2.45, 2.75) is 37.6 Å². The van der Waals surface area contributed by atoms with Crippen LogP contribution in [0.2, 0.25) is 0 Å². The molecule has 0 saturated carbocycles. The second-order valence-electron chi connectivity index (χ2n) is 5.60. The van der Waals surface area contributed by atoms with E-state index in [1.54, 1.807) is 18.2 Å². The molecule has 0 fully saturated rings. The van der Waals surface area contributed by atoms with Gasteiger partial charge in [0.2, 0.25) is 11.8 Å². The monoisotopic (exact) mass is 312 g/mol. The zero-order valence-electron chi connectivity index (χ0n) is 12.5. The van der Waals surface area contributed by atoms with Gasteiger partial charge >= 0.3 is 0 Å². The summed E-state index contributed by atoms with van der Waals surface area (Å²) >= 11 is 1.28. The highest BCUT2D eigenvalue weighted by atomic mass is 32.2. The molecule has 1 aromatic carbocycles. The molecule has 0 spiro atoms. The third kappa shape index (κ3) is 7.70. The number of halogens is 1. The molecule has 0 bridgehead atoms. The van der Waals surface area contributed by atoms with E-state index in [0.717, 1.165) is 0 Å². The molecule has 0 aliphatic carbocycles. The Bertz CT molecular complexity index is 501. The summed E-state index contributed by atoms with van der Waals surface area (Å²) in [6.45, 7) is 5.58. The van der Waals surface area contributed by atoms with Crippen molar-refractivity contribution in [3.05, 3.63) is 30.1 Å². The van der Waals surface area contributed by atoms with Gasteiger partial charge in [-0.1, -0.05) is 12.1 Å². The summed E-state index contributed by atoms with van der Waals surface area (Å²) in [7, 11) is 0. The van der Waals surface area contributed by atoms with Crippen LogP contribution in [0.25, 0.3) is 0 Å². The van der Waals surface area contributed by atoms with Crippen LogP contribution in [0.1, 0.15) is 27.2 Å². The molecule has 0 unspecified atom stereocenters. The fourth-order valence-electron chi connectivity index (χ4n) is 1.55. The van der Waals surface area contributed by atoms with Crippen molar-refractivity contribution in [3.63, 3.8) is 0 Å². The molecule has 0 heterocycles. The van der Waals surface area contributed by atoms with Crippen LogP contribution in [0, 0.1) is 5.82 Å². The average Bonchev–Trinajstić information content (AvgIpc) is 2.37. The molecule has 1 aromatic rings. The van der Waals surface area contributed by atoms with Gasteiger partial charge in [-0.05, 0) is 32.9 Å². The number of thioether (sulfide) groups is 1. The fraction of sp³-hybridized carbons (Fsp3) is 0.467. The zero-order valence-corrected chi connectivity index (χ0v) is 13.3. The van der Waals surface area contributed by atoms with E-state index >= 15 is 0 Å². The molecule has 6 heteroatoms. The summed E-state index contributed by atoms with van der Waals surface area (Å²) in [4.78, 5) is 23.6. The summed E-state index contributed by atoms with van der Waals surface area (Å²) in [5, 5.41) is 5.30. The van der Waals surface area contributed by atoms with Crippen molar-refractivity contribution in [1.82, 2.24) is 10.6 Å². The first-order valence-corrected chi connectivity index (χ1v) is 7.71. The maximum Gasteiger partial charge on any atom is 0.239 e. The van der Waals surface area contributed by atoms with Gasteiger partial charge in [-0.15, -0.1) is 11.8 Å². The third-order valence-electron chi connectivity index (χ3n) is 2.38. The molecule has 0 aliphatic rings. The number of hydrogen-bond acceptors (Lipinski definition) is 3. The lowest BCUT2D eigenvalue weighted by atomic mass is 10.1. The van der Waals surface area contributed by atoms with Crippen molar-refractivity contribution in [3.8, 4) is 0 Å². The number of amides is 2. The lowest BCUT2D eigenvalue weighted by Gasteiger charge is -2.20. The lowest BCUT2D eigenvalue weighted by Crippen LogP contribution is -2.45. The first kappa shape index (κ1) is 17.5. The fourth-order valence-corrected chi connectivity index (χ4v) is 2.43. The van der Waals surface area contributed by atoms with Crippen LogP contribution < -0.4 is 10.6 Å². The number of hydrogen-bond donors (Lipinski definition) is 2. The molecule has 2 amide bonds. The second kappa shape index (κ2) is 8.02. The van der Waals surface area contributed by atoms with Crippen LogP contribution in [0.3, 0.4) is 0 Å². The third-order valence-corrected chi connectivity index (χ3v) is 3.43. The van der Waals surface area contributed by atoms with Crippen molar-refractivity contribution in [2.24, 2.45) is 0 Å². The highest BCUT2D eigenvalue weighted by Crippen LogP contribution is 2.21. The maximum atomic E-state index is 13.4. The Hall–Kier alpha value is -1.56. The second-order valence-corrected chi connectivity index (χ2v) is 6.74. The number of rotatable bonds is 6. The Morgan fingerprint density at radius 1 is 1.19 bits per heavy atom. The van der Waals surface area contributed by atoms with E-state index in [9.17, 15) is 14.0 Å². The van der Waals surface area contributed by atoms with Crippen LogP contribution in [-0.4, -0.2) is 29.7 Å².